The lowest BCUT2D eigenvalue weighted by Gasteiger charge is -2.31. The van der Waals surface area contributed by atoms with Crippen molar-refractivity contribution in [3.63, 3.8) is 0 Å². The second-order valence-electron chi connectivity index (χ2n) is 6.50. The maximum Gasteiger partial charge on any atom is 0.0650 e. The molecule has 0 aliphatic heterocycles. The molecule has 5 unspecified atom stereocenters. The summed E-state index contributed by atoms with van der Waals surface area (Å²) in [5, 5.41) is 10.5. The minimum atomic E-state index is -0.420. The molecule has 0 aromatic heterocycles. The van der Waals surface area contributed by atoms with Crippen molar-refractivity contribution in [2.75, 3.05) is 0 Å². The zero-order chi connectivity index (χ0) is 11.9. The van der Waals surface area contributed by atoms with Crippen LogP contribution in [0.2, 0.25) is 0 Å². The molecule has 1 N–H and O–H groups in total. The second-order valence-corrected chi connectivity index (χ2v) is 6.50. The van der Waals surface area contributed by atoms with Crippen LogP contribution in [0.25, 0.3) is 0 Å². The van der Waals surface area contributed by atoms with Gasteiger partial charge in [-0.25, -0.2) is 0 Å². The van der Waals surface area contributed by atoms with Crippen LogP contribution in [0, 0.1) is 23.7 Å². The maximum atomic E-state index is 10.5. The van der Waals surface area contributed by atoms with Gasteiger partial charge < -0.3 is 5.11 Å². The normalized spacial score (nSPS) is 48.5. The summed E-state index contributed by atoms with van der Waals surface area (Å²) in [4.78, 5) is 0. The molecule has 0 aromatic carbocycles. The van der Waals surface area contributed by atoms with Crippen molar-refractivity contribution in [3.8, 4) is 0 Å². The number of hydrogen-bond acceptors (Lipinski definition) is 1. The third-order valence-electron chi connectivity index (χ3n) is 5.24. The maximum absolute atomic E-state index is 10.5. The van der Waals surface area contributed by atoms with Crippen LogP contribution in [0.4, 0.5) is 0 Å². The molecular formula is C15H26O. The first-order chi connectivity index (χ1) is 7.42. The van der Waals surface area contributed by atoms with Crippen molar-refractivity contribution in [3.05, 3.63) is 12.2 Å². The fourth-order valence-corrected chi connectivity index (χ4v) is 3.97. The Balaban J connectivity index is 2.20. The summed E-state index contributed by atoms with van der Waals surface area (Å²) in [5.41, 5.74) is 0.896. The van der Waals surface area contributed by atoms with E-state index in [-0.39, 0.29) is 0 Å². The molecule has 2 aliphatic rings. The van der Waals surface area contributed by atoms with Crippen molar-refractivity contribution >= 4 is 0 Å². The van der Waals surface area contributed by atoms with E-state index in [2.05, 4.69) is 20.4 Å². The van der Waals surface area contributed by atoms with Crippen molar-refractivity contribution in [1.82, 2.24) is 0 Å². The summed E-state index contributed by atoms with van der Waals surface area (Å²) in [6.45, 7) is 10.7. The number of rotatable bonds is 1. The smallest absolute Gasteiger partial charge is 0.0650 e. The molecule has 0 radical (unpaired) electrons. The molecule has 0 heterocycles. The first-order valence-electron chi connectivity index (χ1n) is 6.79. The molecule has 5 atom stereocenters. The van der Waals surface area contributed by atoms with Gasteiger partial charge in [0.1, 0.15) is 0 Å². The van der Waals surface area contributed by atoms with Crippen molar-refractivity contribution in [2.24, 2.45) is 23.7 Å². The van der Waals surface area contributed by atoms with Gasteiger partial charge in [-0.1, -0.05) is 19.1 Å². The highest BCUT2D eigenvalue weighted by atomic mass is 16.3. The van der Waals surface area contributed by atoms with Crippen LogP contribution in [0.3, 0.4) is 0 Å². The Morgan fingerprint density at radius 3 is 2.62 bits per heavy atom. The molecule has 1 nitrogen and oxygen atoms in total. The van der Waals surface area contributed by atoms with E-state index in [0.717, 1.165) is 24.7 Å². The first kappa shape index (κ1) is 12.2. The number of aliphatic hydroxyl groups is 1. The minimum Gasteiger partial charge on any atom is -0.390 e. The Morgan fingerprint density at radius 2 is 2.00 bits per heavy atom. The summed E-state index contributed by atoms with van der Waals surface area (Å²) in [7, 11) is 0. The molecule has 0 bridgehead atoms. The van der Waals surface area contributed by atoms with Crippen molar-refractivity contribution < 1.29 is 5.11 Å². The highest BCUT2D eigenvalue weighted by Crippen LogP contribution is 2.51. The fraction of sp³-hybridized carbons (Fsp3) is 0.867. The molecule has 0 saturated heterocycles. The van der Waals surface area contributed by atoms with Crippen LogP contribution in [0.5, 0.6) is 0 Å². The Morgan fingerprint density at radius 1 is 1.31 bits per heavy atom. The molecule has 92 valence electrons. The third-order valence-corrected chi connectivity index (χ3v) is 5.24. The van der Waals surface area contributed by atoms with Gasteiger partial charge in [0.2, 0.25) is 0 Å². The van der Waals surface area contributed by atoms with E-state index >= 15 is 0 Å². The molecular weight excluding hydrogens is 196 g/mol. The molecule has 2 saturated carbocycles. The van der Waals surface area contributed by atoms with E-state index < -0.39 is 5.60 Å². The average Bonchev–Trinajstić information content (AvgIpc) is 2.38. The van der Waals surface area contributed by atoms with Gasteiger partial charge in [-0.15, -0.1) is 0 Å². The standard InChI is InChI=1S/C15H26O/c1-10(2)12-6-5-11(3)13-7-8-15(4,16)14(13)9-12/h11-14,16H,1,5-9H2,2-4H3. The first-order valence-corrected chi connectivity index (χ1v) is 6.79. The van der Waals surface area contributed by atoms with Crippen LogP contribution in [-0.4, -0.2) is 10.7 Å². The lowest BCUT2D eigenvalue weighted by molar-refractivity contribution is -0.000137. The molecule has 0 aromatic rings. The van der Waals surface area contributed by atoms with Crippen LogP contribution in [0.1, 0.15) is 52.9 Å². The topological polar surface area (TPSA) is 20.2 Å². The highest BCUT2D eigenvalue weighted by molar-refractivity contribution is 5.04. The van der Waals surface area contributed by atoms with Gasteiger partial charge in [0.15, 0.2) is 0 Å². The van der Waals surface area contributed by atoms with E-state index in [1.165, 1.54) is 24.8 Å². The van der Waals surface area contributed by atoms with E-state index in [1.807, 2.05) is 6.92 Å². The predicted octanol–water partition coefficient (Wildman–Crippen LogP) is 3.78. The molecule has 2 fully saturated rings. The summed E-state index contributed by atoms with van der Waals surface area (Å²) in [5.74, 6) is 2.68. The SMILES string of the molecule is C=C(C)C1CCC(C)C2CCC(C)(O)C2C1. The third kappa shape index (κ3) is 2.07. The Bertz CT molecular complexity index is 279. The van der Waals surface area contributed by atoms with E-state index in [4.69, 9.17) is 0 Å². The van der Waals surface area contributed by atoms with Crippen molar-refractivity contribution in [2.45, 2.75) is 58.5 Å². The average molecular weight is 222 g/mol. The lowest BCUT2D eigenvalue weighted by atomic mass is 9.77. The summed E-state index contributed by atoms with van der Waals surface area (Å²) in [6, 6.07) is 0. The number of fused-ring (bicyclic) bond motifs is 1. The van der Waals surface area contributed by atoms with E-state index in [0.29, 0.717) is 11.8 Å². The fourth-order valence-electron chi connectivity index (χ4n) is 3.97. The van der Waals surface area contributed by atoms with E-state index in [9.17, 15) is 5.11 Å². The van der Waals surface area contributed by atoms with Gasteiger partial charge in [0, 0.05) is 0 Å². The van der Waals surface area contributed by atoms with Crippen LogP contribution in [-0.2, 0) is 0 Å². The van der Waals surface area contributed by atoms with Crippen LogP contribution in [0.15, 0.2) is 12.2 Å². The Labute approximate surface area is 99.9 Å². The summed E-state index contributed by atoms with van der Waals surface area (Å²) < 4.78 is 0. The molecule has 1 heteroatoms. The van der Waals surface area contributed by atoms with Crippen LogP contribution >= 0.6 is 0 Å². The van der Waals surface area contributed by atoms with Crippen LogP contribution < -0.4 is 0 Å². The predicted molar refractivity (Wildman–Crippen MR) is 68.2 cm³/mol. The molecule has 0 spiro atoms. The summed E-state index contributed by atoms with van der Waals surface area (Å²) in [6.07, 6.45) is 5.98. The van der Waals surface area contributed by atoms with E-state index in [1.54, 1.807) is 0 Å². The van der Waals surface area contributed by atoms with Gasteiger partial charge in [-0.3, -0.25) is 0 Å². The van der Waals surface area contributed by atoms with Gasteiger partial charge in [0.05, 0.1) is 5.60 Å². The number of hydrogen-bond donors (Lipinski definition) is 1. The zero-order valence-corrected chi connectivity index (χ0v) is 11.0. The monoisotopic (exact) mass is 222 g/mol. The Hall–Kier alpha value is -0.300. The zero-order valence-electron chi connectivity index (χ0n) is 11.0. The molecule has 0 amide bonds. The molecule has 2 rings (SSSR count). The van der Waals surface area contributed by atoms with Gasteiger partial charge in [-0.05, 0) is 69.6 Å². The second kappa shape index (κ2) is 4.18. The van der Waals surface area contributed by atoms with Gasteiger partial charge in [-0.2, -0.15) is 0 Å². The molecule has 16 heavy (non-hydrogen) atoms. The summed E-state index contributed by atoms with van der Waals surface area (Å²) >= 11 is 0. The largest absolute Gasteiger partial charge is 0.390 e. The highest BCUT2D eigenvalue weighted by Gasteiger charge is 2.47. The quantitative estimate of drug-likeness (QED) is 0.669. The van der Waals surface area contributed by atoms with Gasteiger partial charge >= 0.3 is 0 Å². The molecule has 2 aliphatic carbocycles. The van der Waals surface area contributed by atoms with Crippen molar-refractivity contribution in [1.29, 1.82) is 0 Å². The Kier molecular flexibility index (Phi) is 3.18. The minimum absolute atomic E-state index is 0.420. The lowest BCUT2D eigenvalue weighted by Crippen LogP contribution is -2.33. The van der Waals surface area contributed by atoms with Gasteiger partial charge in [0.25, 0.3) is 0 Å². The number of allylic oxidation sites excluding steroid dienone is 1.